The van der Waals surface area contributed by atoms with Crippen molar-refractivity contribution in [2.45, 2.75) is 56.7 Å². The maximum absolute atomic E-state index is 14.9. The second kappa shape index (κ2) is 10.9. The van der Waals surface area contributed by atoms with E-state index in [0.717, 1.165) is 37.0 Å². The first kappa shape index (κ1) is 28.1. The molecule has 0 radical (unpaired) electrons. The molecule has 5 rings (SSSR count). The van der Waals surface area contributed by atoms with Crippen LogP contribution in [0.2, 0.25) is 5.02 Å². The average molecular weight is 580 g/mol. The van der Waals surface area contributed by atoms with E-state index in [2.05, 4.69) is 20.4 Å². The quantitative estimate of drug-likeness (QED) is 0.268. The number of urea groups is 1. The molecule has 2 aromatic carbocycles. The summed E-state index contributed by atoms with van der Waals surface area (Å²) in [6.07, 6.45) is -4.65. The first-order chi connectivity index (χ1) is 18.9. The third kappa shape index (κ3) is 5.73. The van der Waals surface area contributed by atoms with E-state index in [4.69, 9.17) is 11.6 Å². The molecular formula is C29H27ClF5N3O2. The van der Waals surface area contributed by atoms with Crippen LogP contribution in [0.15, 0.2) is 60.8 Å². The Balaban J connectivity index is 1.61. The molecule has 212 valence electrons. The lowest BCUT2D eigenvalue weighted by Gasteiger charge is -2.53. The number of fused-ring (bicyclic) bond motifs is 1. The van der Waals surface area contributed by atoms with Gasteiger partial charge in [-0.05, 0) is 73.4 Å². The summed E-state index contributed by atoms with van der Waals surface area (Å²) >= 11 is 6.08. The van der Waals surface area contributed by atoms with Crippen molar-refractivity contribution < 1.29 is 31.5 Å². The van der Waals surface area contributed by atoms with Gasteiger partial charge in [-0.2, -0.15) is 17.6 Å². The molecule has 0 bridgehead atoms. The van der Waals surface area contributed by atoms with E-state index < -0.39 is 35.7 Å². The van der Waals surface area contributed by atoms with Gasteiger partial charge in [-0.1, -0.05) is 41.4 Å². The first-order valence-corrected chi connectivity index (χ1v) is 13.3. The van der Waals surface area contributed by atoms with E-state index in [9.17, 15) is 26.7 Å². The lowest BCUT2D eigenvalue weighted by Crippen LogP contribution is -2.61. The van der Waals surface area contributed by atoms with Gasteiger partial charge in [-0.15, -0.1) is 0 Å². The molecule has 0 aliphatic heterocycles. The zero-order chi connectivity index (χ0) is 28.7. The topological polar surface area (TPSA) is 63.2 Å². The number of carbonyl (C=O) groups excluding carboxylic acids is 1. The number of benzene rings is 2. The van der Waals surface area contributed by atoms with Crippen molar-refractivity contribution in [3.8, 4) is 5.75 Å². The van der Waals surface area contributed by atoms with E-state index >= 15 is 0 Å². The molecule has 2 saturated carbocycles. The van der Waals surface area contributed by atoms with E-state index in [1.54, 1.807) is 0 Å². The zero-order valence-electron chi connectivity index (χ0n) is 21.4. The number of hydrogen-bond acceptors (Lipinski definition) is 3. The number of carbonyl (C=O) groups is 1. The SMILES string of the molecule is Cc1ccc(C[C@](NC(=O)NC2CC3CCC32)(c2cc(F)cc(OC(F)(F)C(F)F)c2)c2ccc(Cl)cn2)cc1. The Morgan fingerprint density at radius 1 is 1.12 bits per heavy atom. The van der Waals surface area contributed by atoms with Crippen molar-refractivity contribution in [2.24, 2.45) is 11.8 Å². The highest BCUT2D eigenvalue weighted by Gasteiger charge is 2.49. The number of amides is 2. The van der Waals surface area contributed by atoms with E-state index in [1.165, 1.54) is 18.3 Å². The van der Waals surface area contributed by atoms with Crippen molar-refractivity contribution >= 4 is 17.6 Å². The molecule has 11 heteroatoms. The van der Waals surface area contributed by atoms with Gasteiger partial charge in [0.25, 0.3) is 0 Å². The minimum atomic E-state index is -4.86. The summed E-state index contributed by atoms with van der Waals surface area (Å²) < 4.78 is 72.6. The number of nitrogens with one attached hydrogen (secondary N) is 2. The number of aryl methyl sites for hydroxylation is 1. The van der Waals surface area contributed by atoms with Crippen LogP contribution in [0.4, 0.5) is 26.7 Å². The molecule has 0 spiro atoms. The van der Waals surface area contributed by atoms with Gasteiger partial charge in [0.2, 0.25) is 0 Å². The molecule has 0 saturated heterocycles. The van der Waals surface area contributed by atoms with E-state index in [0.29, 0.717) is 28.5 Å². The molecule has 1 heterocycles. The van der Waals surface area contributed by atoms with Crippen LogP contribution < -0.4 is 15.4 Å². The van der Waals surface area contributed by atoms with Crippen molar-refractivity contribution in [2.75, 3.05) is 0 Å². The van der Waals surface area contributed by atoms with Gasteiger partial charge in [0.15, 0.2) is 0 Å². The van der Waals surface area contributed by atoms with Crippen LogP contribution in [0, 0.1) is 24.6 Å². The number of ether oxygens (including phenoxy) is 1. The molecule has 2 N–H and O–H groups in total. The fourth-order valence-corrected chi connectivity index (χ4v) is 5.63. The number of halogens is 6. The average Bonchev–Trinajstić information content (AvgIpc) is 2.87. The molecule has 3 unspecified atom stereocenters. The summed E-state index contributed by atoms with van der Waals surface area (Å²) in [5.41, 5.74) is 0.232. The Labute approximate surface area is 233 Å². The van der Waals surface area contributed by atoms with Crippen molar-refractivity contribution in [3.05, 3.63) is 94.0 Å². The van der Waals surface area contributed by atoms with Gasteiger partial charge in [-0.25, -0.2) is 9.18 Å². The second-order valence-corrected chi connectivity index (χ2v) is 10.9. The summed E-state index contributed by atoms with van der Waals surface area (Å²) in [5, 5.41) is 6.21. The highest BCUT2D eigenvalue weighted by molar-refractivity contribution is 6.30. The van der Waals surface area contributed by atoms with Gasteiger partial charge in [0, 0.05) is 24.7 Å². The Kier molecular flexibility index (Phi) is 7.65. The highest BCUT2D eigenvalue weighted by atomic mass is 35.5. The van der Waals surface area contributed by atoms with Crippen LogP contribution >= 0.6 is 11.6 Å². The molecule has 3 aromatic rings. The molecule has 5 nitrogen and oxygen atoms in total. The summed E-state index contributed by atoms with van der Waals surface area (Å²) in [4.78, 5) is 17.9. The third-order valence-electron chi connectivity index (χ3n) is 7.82. The predicted octanol–water partition coefficient (Wildman–Crippen LogP) is 7.00. The fraction of sp³-hybridized carbons (Fsp3) is 0.379. The van der Waals surface area contributed by atoms with Gasteiger partial charge >= 0.3 is 18.6 Å². The smallest absolute Gasteiger partial charge is 0.428 e. The Morgan fingerprint density at radius 3 is 2.45 bits per heavy atom. The molecule has 2 aliphatic rings. The van der Waals surface area contributed by atoms with Crippen molar-refractivity contribution in [1.29, 1.82) is 0 Å². The van der Waals surface area contributed by atoms with E-state index in [1.807, 2.05) is 31.2 Å². The van der Waals surface area contributed by atoms with Gasteiger partial charge < -0.3 is 15.4 Å². The number of hydrogen-bond donors (Lipinski definition) is 2. The minimum absolute atomic E-state index is 0.0141. The number of alkyl halides is 4. The van der Waals surface area contributed by atoms with Crippen LogP contribution in [-0.2, 0) is 12.0 Å². The maximum Gasteiger partial charge on any atom is 0.461 e. The highest BCUT2D eigenvalue weighted by Crippen LogP contribution is 2.50. The van der Waals surface area contributed by atoms with Crippen LogP contribution in [0.5, 0.6) is 5.75 Å². The Bertz CT molecular complexity index is 1370. The monoisotopic (exact) mass is 579 g/mol. The summed E-state index contributed by atoms with van der Waals surface area (Å²) in [6.45, 7) is 1.90. The number of nitrogens with zero attached hydrogens (tertiary/aromatic N) is 1. The lowest BCUT2D eigenvalue weighted by molar-refractivity contribution is -0.253. The maximum atomic E-state index is 14.9. The third-order valence-corrected chi connectivity index (χ3v) is 8.04. The molecular weight excluding hydrogens is 553 g/mol. The minimum Gasteiger partial charge on any atom is -0.428 e. The Hall–Kier alpha value is -3.40. The fourth-order valence-electron chi connectivity index (χ4n) is 5.52. The molecule has 4 atom stereocenters. The van der Waals surface area contributed by atoms with E-state index in [-0.39, 0.29) is 23.7 Å². The first-order valence-electron chi connectivity index (χ1n) is 12.9. The lowest BCUT2D eigenvalue weighted by atomic mass is 9.56. The molecule has 2 amide bonds. The van der Waals surface area contributed by atoms with Crippen molar-refractivity contribution in [1.82, 2.24) is 15.6 Å². The standard InChI is InChI=1S/C29H27ClF5N3O2/c1-16-2-4-17(5-3-16)14-28(25-9-7-20(30)15-36-25,38-27(39)37-24-10-18-6-8-23(18)24)19-11-21(31)13-22(12-19)40-29(34,35)26(32)33/h2-5,7,9,11-13,15,18,23-24,26H,6,8,10,14H2,1H3,(H2,37,38,39)/t18?,23?,24?,28-/m0/s1. The zero-order valence-corrected chi connectivity index (χ0v) is 22.2. The molecule has 2 fully saturated rings. The number of pyridine rings is 1. The summed E-state index contributed by atoms with van der Waals surface area (Å²) in [7, 11) is 0. The van der Waals surface area contributed by atoms with Crippen LogP contribution in [0.1, 0.15) is 41.6 Å². The molecule has 2 aliphatic carbocycles. The van der Waals surface area contributed by atoms with Gasteiger partial charge in [0.05, 0.1) is 10.7 Å². The number of rotatable bonds is 9. The largest absolute Gasteiger partial charge is 0.461 e. The second-order valence-electron chi connectivity index (χ2n) is 10.5. The van der Waals surface area contributed by atoms with Crippen molar-refractivity contribution in [3.63, 3.8) is 0 Å². The van der Waals surface area contributed by atoms with Gasteiger partial charge in [0.1, 0.15) is 17.1 Å². The molecule has 1 aromatic heterocycles. The van der Waals surface area contributed by atoms with Gasteiger partial charge in [-0.3, -0.25) is 4.98 Å². The predicted molar refractivity (Wildman–Crippen MR) is 139 cm³/mol. The van der Waals surface area contributed by atoms with Crippen LogP contribution in [0.3, 0.4) is 0 Å². The van der Waals surface area contributed by atoms with Crippen LogP contribution in [0.25, 0.3) is 0 Å². The summed E-state index contributed by atoms with van der Waals surface area (Å²) in [5.74, 6) is -0.865. The van der Waals surface area contributed by atoms with Crippen LogP contribution in [-0.4, -0.2) is 29.6 Å². The Morgan fingerprint density at radius 2 is 1.88 bits per heavy atom. The molecule has 40 heavy (non-hydrogen) atoms. The summed E-state index contributed by atoms with van der Waals surface area (Å²) in [6, 6.07) is 12.4. The normalized spacial score (nSPS) is 21.4. The number of aromatic nitrogens is 1.